The fourth-order valence-corrected chi connectivity index (χ4v) is 1.84. The maximum Gasteiger partial charge on any atom is 0.121 e. The first-order valence-corrected chi connectivity index (χ1v) is 5.11. The number of ether oxygens (including phenoxy) is 1. The molecule has 0 heterocycles. The van der Waals surface area contributed by atoms with Crippen LogP contribution in [0.15, 0.2) is 12.1 Å². The summed E-state index contributed by atoms with van der Waals surface area (Å²) in [6.45, 7) is 0.853. The van der Waals surface area contributed by atoms with Gasteiger partial charge < -0.3 is 10.1 Å². The quantitative estimate of drug-likeness (QED) is 0.864. The van der Waals surface area contributed by atoms with Crippen LogP contribution in [0.1, 0.15) is 5.56 Å². The van der Waals surface area contributed by atoms with Crippen LogP contribution in [0.3, 0.4) is 0 Å². The van der Waals surface area contributed by atoms with Crippen LogP contribution in [0, 0.1) is 0 Å². The van der Waals surface area contributed by atoms with Gasteiger partial charge in [0.05, 0.1) is 7.11 Å². The lowest BCUT2D eigenvalue weighted by molar-refractivity contribution is 0.414. The normalized spacial score (nSPS) is 10.3. The Kier molecular flexibility index (Phi) is 4.52. The lowest BCUT2D eigenvalue weighted by atomic mass is 10.1. The van der Waals surface area contributed by atoms with E-state index in [2.05, 4.69) is 5.32 Å². The molecule has 0 aliphatic heterocycles. The summed E-state index contributed by atoms with van der Waals surface area (Å²) < 4.78 is 5.05. The predicted molar refractivity (Wildman–Crippen MR) is 60.6 cm³/mol. The van der Waals surface area contributed by atoms with Crippen LogP contribution in [0.2, 0.25) is 10.0 Å². The third-order valence-corrected chi connectivity index (χ3v) is 2.65. The summed E-state index contributed by atoms with van der Waals surface area (Å²) >= 11 is 12.1. The van der Waals surface area contributed by atoms with Crippen molar-refractivity contribution in [3.05, 3.63) is 27.7 Å². The molecule has 0 radical (unpaired) electrons. The zero-order valence-electron chi connectivity index (χ0n) is 8.23. The lowest BCUT2D eigenvalue weighted by Gasteiger charge is -2.08. The van der Waals surface area contributed by atoms with Gasteiger partial charge in [-0.25, -0.2) is 0 Å². The molecule has 0 fully saturated rings. The molecule has 2 nitrogen and oxygen atoms in total. The van der Waals surface area contributed by atoms with Crippen molar-refractivity contribution in [1.29, 1.82) is 0 Å². The van der Waals surface area contributed by atoms with Crippen molar-refractivity contribution in [2.45, 2.75) is 6.42 Å². The van der Waals surface area contributed by atoms with Gasteiger partial charge in [0.25, 0.3) is 0 Å². The summed E-state index contributed by atoms with van der Waals surface area (Å²) in [6.07, 6.45) is 0.818. The molecule has 0 aliphatic carbocycles. The van der Waals surface area contributed by atoms with Gasteiger partial charge in [-0.15, -0.1) is 0 Å². The Morgan fingerprint density at radius 3 is 2.29 bits per heavy atom. The fraction of sp³-hybridized carbons (Fsp3) is 0.400. The van der Waals surface area contributed by atoms with Gasteiger partial charge in [0.2, 0.25) is 0 Å². The van der Waals surface area contributed by atoms with E-state index in [-0.39, 0.29) is 0 Å². The molecule has 0 aromatic heterocycles. The molecular weight excluding hydrogens is 221 g/mol. The van der Waals surface area contributed by atoms with Crippen LogP contribution in [0.4, 0.5) is 0 Å². The highest BCUT2D eigenvalue weighted by molar-refractivity contribution is 6.36. The summed E-state index contributed by atoms with van der Waals surface area (Å²) in [5.41, 5.74) is 0.962. The average Bonchev–Trinajstić information content (AvgIpc) is 2.16. The van der Waals surface area contributed by atoms with E-state index in [1.165, 1.54) is 0 Å². The van der Waals surface area contributed by atoms with Crippen LogP contribution < -0.4 is 10.1 Å². The Bertz CT molecular complexity index is 292. The van der Waals surface area contributed by atoms with E-state index < -0.39 is 0 Å². The number of benzene rings is 1. The molecule has 1 aromatic carbocycles. The van der Waals surface area contributed by atoms with Gasteiger partial charge in [-0.2, -0.15) is 0 Å². The van der Waals surface area contributed by atoms with Crippen molar-refractivity contribution in [3.8, 4) is 5.75 Å². The molecule has 1 N–H and O–H groups in total. The first kappa shape index (κ1) is 11.6. The molecule has 0 bridgehead atoms. The monoisotopic (exact) mass is 233 g/mol. The zero-order chi connectivity index (χ0) is 10.6. The molecule has 0 saturated heterocycles. The lowest BCUT2D eigenvalue weighted by Crippen LogP contribution is -2.10. The minimum absolute atomic E-state index is 0.657. The molecule has 0 atom stereocenters. The number of hydrogen-bond donors (Lipinski definition) is 1. The van der Waals surface area contributed by atoms with Gasteiger partial charge in [-0.05, 0) is 37.7 Å². The fourth-order valence-electron chi connectivity index (χ4n) is 1.19. The number of rotatable bonds is 4. The summed E-state index contributed by atoms with van der Waals surface area (Å²) in [5.74, 6) is 0.688. The molecule has 0 spiro atoms. The highest BCUT2D eigenvalue weighted by Crippen LogP contribution is 2.30. The Balaban J connectivity index is 2.93. The maximum absolute atomic E-state index is 6.06. The van der Waals surface area contributed by atoms with Crippen molar-refractivity contribution < 1.29 is 4.74 Å². The molecule has 1 aromatic rings. The van der Waals surface area contributed by atoms with Crippen LogP contribution in [0.5, 0.6) is 5.75 Å². The summed E-state index contributed by atoms with van der Waals surface area (Å²) in [4.78, 5) is 0. The van der Waals surface area contributed by atoms with E-state index in [0.717, 1.165) is 18.5 Å². The molecule has 78 valence electrons. The predicted octanol–water partition coefficient (Wildman–Crippen LogP) is 2.76. The number of nitrogens with one attached hydrogen (secondary N) is 1. The number of hydrogen-bond acceptors (Lipinski definition) is 2. The molecule has 0 aliphatic rings. The molecule has 1 rings (SSSR count). The zero-order valence-corrected chi connectivity index (χ0v) is 9.74. The van der Waals surface area contributed by atoms with E-state index in [9.17, 15) is 0 Å². The Morgan fingerprint density at radius 1 is 1.29 bits per heavy atom. The largest absolute Gasteiger partial charge is 0.497 e. The number of halogens is 2. The van der Waals surface area contributed by atoms with Crippen LogP contribution in [-0.4, -0.2) is 20.7 Å². The van der Waals surface area contributed by atoms with Crippen LogP contribution in [0.25, 0.3) is 0 Å². The van der Waals surface area contributed by atoms with Crippen molar-refractivity contribution in [1.82, 2.24) is 5.32 Å². The van der Waals surface area contributed by atoms with Gasteiger partial charge >= 0.3 is 0 Å². The second-order valence-corrected chi connectivity index (χ2v) is 3.74. The third kappa shape index (κ3) is 2.77. The summed E-state index contributed by atoms with van der Waals surface area (Å²) in [6, 6.07) is 3.55. The SMILES string of the molecule is CNCCc1c(Cl)cc(OC)cc1Cl. The minimum atomic E-state index is 0.657. The Morgan fingerprint density at radius 2 is 1.86 bits per heavy atom. The molecule has 0 saturated carbocycles. The van der Waals surface area contributed by atoms with E-state index in [0.29, 0.717) is 15.8 Å². The maximum atomic E-state index is 6.06. The van der Waals surface area contributed by atoms with Crippen molar-refractivity contribution in [2.75, 3.05) is 20.7 Å². The average molecular weight is 234 g/mol. The van der Waals surface area contributed by atoms with Crippen molar-refractivity contribution >= 4 is 23.2 Å². The second-order valence-electron chi connectivity index (χ2n) is 2.92. The Hall–Kier alpha value is -0.440. The topological polar surface area (TPSA) is 21.3 Å². The van der Waals surface area contributed by atoms with Gasteiger partial charge in [-0.3, -0.25) is 0 Å². The first-order valence-electron chi connectivity index (χ1n) is 4.35. The first-order chi connectivity index (χ1) is 6.69. The van der Waals surface area contributed by atoms with E-state index in [4.69, 9.17) is 27.9 Å². The number of methoxy groups -OCH3 is 1. The van der Waals surface area contributed by atoms with Crippen molar-refractivity contribution in [2.24, 2.45) is 0 Å². The molecule has 0 unspecified atom stereocenters. The summed E-state index contributed by atoms with van der Waals surface area (Å²) in [7, 11) is 3.49. The minimum Gasteiger partial charge on any atom is -0.497 e. The van der Waals surface area contributed by atoms with Gasteiger partial charge in [0, 0.05) is 10.0 Å². The molecular formula is C10H13Cl2NO. The Labute approximate surface area is 94.2 Å². The van der Waals surface area contributed by atoms with Crippen LogP contribution in [-0.2, 0) is 6.42 Å². The highest BCUT2D eigenvalue weighted by atomic mass is 35.5. The molecule has 4 heteroatoms. The molecule has 0 amide bonds. The highest BCUT2D eigenvalue weighted by Gasteiger charge is 2.07. The number of likely N-dealkylation sites (N-methyl/N-ethyl adjacent to an activating group) is 1. The van der Waals surface area contributed by atoms with E-state index >= 15 is 0 Å². The van der Waals surface area contributed by atoms with Gasteiger partial charge in [0.1, 0.15) is 5.75 Å². The second kappa shape index (κ2) is 5.44. The van der Waals surface area contributed by atoms with Gasteiger partial charge in [-0.1, -0.05) is 23.2 Å². The van der Waals surface area contributed by atoms with Crippen molar-refractivity contribution in [3.63, 3.8) is 0 Å². The van der Waals surface area contributed by atoms with E-state index in [1.54, 1.807) is 19.2 Å². The van der Waals surface area contributed by atoms with E-state index in [1.807, 2.05) is 7.05 Å². The standard InChI is InChI=1S/C10H13Cl2NO/c1-13-4-3-8-9(11)5-7(14-2)6-10(8)12/h5-6,13H,3-4H2,1-2H3. The van der Waals surface area contributed by atoms with Gasteiger partial charge in [0.15, 0.2) is 0 Å². The summed E-state index contributed by atoms with van der Waals surface area (Å²) in [5, 5.41) is 4.36. The smallest absolute Gasteiger partial charge is 0.121 e. The third-order valence-electron chi connectivity index (χ3n) is 1.98. The van der Waals surface area contributed by atoms with Crippen LogP contribution >= 0.6 is 23.2 Å². The molecule has 14 heavy (non-hydrogen) atoms.